The van der Waals surface area contributed by atoms with Crippen LogP contribution in [0.15, 0.2) is 29.3 Å². The highest BCUT2D eigenvalue weighted by Gasteiger charge is 2.12. The molecular formula is C24H42IN7O. The van der Waals surface area contributed by atoms with Crippen LogP contribution in [0.3, 0.4) is 0 Å². The molecule has 2 aromatic rings. The van der Waals surface area contributed by atoms with Gasteiger partial charge in [-0.15, -0.1) is 34.2 Å². The van der Waals surface area contributed by atoms with Crippen LogP contribution in [0, 0.1) is 6.92 Å². The lowest BCUT2D eigenvalue weighted by Crippen LogP contribution is -2.42. The molecule has 33 heavy (non-hydrogen) atoms. The van der Waals surface area contributed by atoms with Crippen LogP contribution in [0.2, 0.25) is 0 Å². The number of guanidine groups is 1. The molecule has 0 aliphatic carbocycles. The third-order valence-corrected chi connectivity index (χ3v) is 5.64. The number of rotatable bonds is 12. The van der Waals surface area contributed by atoms with E-state index in [0.29, 0.717) is 18.6 Å². The average Bonchev–Trinajstić information content (AvgIpc) is 3.08. The van der Waals surface area contributed by atoms with Gasteiger partial charge in [0.05, 0.1) is 7.11 Å². The van der Waals surface area contributed by atoms with Gasteiger partial charge in [0.25, 0.3) is 0 Å². The Morgan fingerprint density at radius 1 is 1.06 bits per heavy atom. The van der Waals surface area contributed by atoms with Crippen molar-refractivity contribution in [3.8, 4) is 5.75 Å². The summed E-state index contributed by atoms with van der Waals surface area (Å²) in [5, 5.41) is 15.3. The van der Waals surface area contributed by atoms with Crippen molar-refractivity contribution in [3.05, 3.63) is 41.5 Å². The van der Waals surface area contributed by atoms with E-state index in [9.17, 15) is 0 Å². The van der Waals surface area contributed by atoms with Crippen LogP contribution in [0.1, 0.15) is 51.3 Å². The van der Waals surface area contributed by atoms with E-state index in [1.54, 1.807) is 7.11 Å². The predicted octanol–water partition coefficient (Wildman–Crippen LogP) is 3.54. The normalized spacial score (nSPS) is 11.8. The zero-order chi connectivity index (χ0) is 23.5. The van der Waals surface area contributed by atoms with Crippen molar-refractivity contribution in [2.45, 2.75) is 66.1 Å². The molecule has 0 aliphatic rings. The lowest BCUT2D eigenvalue weighted by molar-refractivity contribution is 0.173. The van der Waals surface area contributed by atoms with Crippen molar-refractivity contribution < 1.29 is 4.74 Å². The number of ether oxygens (including phenoxy) is 1. The molecule has 0 saturated carbocycles. The summed E-state index contributed by atoms with van der Waals surface area (Å²) in [6, 6.07) is 9.27. The molecule has 0 atom stereocenters. The number of aryl methyl sites for hydroxylation is 1. The fourth-order valence-corrected chi connectivity index (χ4v) is 3.61. The number of nitrogens with one attached hydrogen (secondary N) is 2. The van der Waals surface area contributed by atoms with E-state index in [4.69, 9.17) is 9.73 Å². The molecule has 1 heterocycles. The van der Waals surface area contributed by atoms with Gasteiger partial charge in [-0.3, -0.25) is 4.90 Å². The second kappa shape index (κ2) is 15.1. The highest BCUT2D eigenvalue weighted by molar-refractivity contribution is 14.0. The number of hydrogen-bond acceptors (Lipinski definition) is 5. The maximum atomic E-state index is 5.24. The molecule has 0 bridgehead atoms. The molecule has 9 heteroatoms. The van der Waals surface area contributed by atoms with E-state index < -0.39 is 0 Å². The minimum atomic E-state index is 0. The summed E-state index contributed by atoms with van der Waals surface area (Å²) in [6.45, 7) is 14.2. The van der Waals surface area contributed by atoms with E-state index in [1.807, 2.05) is 30.7 Å². The van der Waals surface area contributed by atoms with Crippen LogP contribution >= 0.6 is 24.0 Å². The summed E-state index contributed by atoms with van der Waals surface area (Å²) >= 11 is 0. The Morgan fingerprint density at radius 2 is 1.70 bits per heavy atom. The van der Waals surface area contributed by atoms with Crippen molar-refractivity contribution >= 4 is 29.9 Å². The SMILES string of the molecule is COc1ccc(CCNC(=NCc2nnc(C)n2C)NCCCN(C(C)C)C(C)C)cc1.I. The summed E-state index contributed by atoms with van der Waals surface area (Å²) in [5.74, 6) is 3.42. The van der Waals surface area contributed by atoms with E-state index >= 15 is 0 Å². The molecule has 0 unspecified atom stereocenters. The lowest BCUT2D eigenvalue weighted by Gasteiger charge is -2.30. The molecule has 0 fully saturated rings. The number of benzene rings is 1. The second-order valence-electron chi connectivity index (χ2n) is 8.62. The van der Waals surface area contributed by atoms with Gasteiger partial charge in [0, 0.05) is 38.8 Å². The number of aliphatic imine (C=N–C) groups is 1. The molecule has 8 nitrogen and oxygen atoms in total. The van der Waals surface area contributed by atoms with Gasteiger partial charge in [0.2, 0.25) is 0 Å². The first-order valence-corrected chi connectivity index (χ1v) is 11.6. The van der Waals surface area contributed by atoms with Gasteiger partial charge in [-0.2, -0.15) is 0 Å². The maximum Gasteiger partial charge on any atom is 0.191 e. The molecule has 1 aromatic carbocycles. The summed E-state index contributed by atoms with van der Waals surface area (Å²) in [7, 11) is 3.65. The zero-order valence-electron chi connectivity index (χ0n) is 21.3. The highest BCUT2D eigenvalue weighted by Crippen LogP contribution is 2.11. The summed E-state index contributed by atoms with van der Waals surface area (Å²) in [4.78, 5) is 7.26. The molecule has 2 rings (SSSR count). The van der Waals surface area contributed by atoms with Crippen LogP contribution < -0.4 is 15.4 Å². The molecule has 0 radical (unpaired) electrons. The van der Waals surface area contributed by atoms with Crippen molar-refractivity contribution in [2.24, 2.45) is 12.0 Å². The topological polar surface area (TPSA) is 79.6 Å². The van der Waals surface area contributed by atoms with Gasteiger partial charge in [0.1, 0.15) is 18.1 Å². The second-order valence-corrected chi connectivity index (χ2v) is 8.62. The van der Waals surface area contributed by atoms with E-state index in [2.05, 4.69) is 65.6 Å². The number of hydrogen-bond donors (Lipinski definition) is 2. The first-order valence-electron chi connectivity index (χ1n) is 11.6. The van der Waals surface area contributed by atoms with Gasteiger partial charge in [-0.25, -0.2) is 4.99 Å². The van der Waals surface area contributed by atoms with Gasteiger partial charge in [0.15, 0.2) is 11.8 Å². The fraction of sp³-hybridized carbons (Fsp3) is 0.625. The minimum Gasteiger partial charge on any atom is -0.497 e. The van der Waals surface area contributed by atoms with Crippen molar-refractivity contribution in [2.75, 3.05) is 26.7 Å². The van der Waals surface area contributed by atoms with E-state index in [0.717, 1.165) is 55.8 Å². The number of nitrogens with zero attached hydrogens (tertiary/aromatic N) is 5. The van der Waals surface area contributed by atoms with Crippen LogP contribution in [-0.4, -0.2) is 64.5 Å². The van der Waals surface area contributed by atoms with Crippen molar-refractivity contribution in [1.29, 1.82) is 0 Å². The van der Waals surface area contributed by atoms with Gasteiger partial charge in [-0.1, -0.05) is 12.1 Å². The molecular weight excluding hydrogens is 529 g/mol. The Bertz CT molecular complexity index is 826. The Balaban J connectivity index is 0.00000544. The van der Waals surface area contributed by atoms with E-state index in [1.165, 1.54) is 5.56 Å². The Morgan fingerprint density at radius 3 is 2.24 bits per heavy atom. The Hall–Kier alpha value is -1.88. The standard InChI is InChI=1S/C24H41N7O.HI/c1-18(2)31(19(3)4)16-8-14-25-24(27-17-23-29-28-20(5)30(23)6)26-15-13-21-9-11-22(32-7)12-10-21;/h9-12,18-19H,8,13-17H2,1-7H3,(H2,25,26,27);1H. The Kier molecular flexibility index (Phi) is 13.3. The fourth-order valence-electron chi connectivity index (χ4n) is 3.61. The van der Waals surface area contributed by atoms with Crippen LogP contribution in [0.5, 0.6) is 5.75 Å². The lowest BCUT2D eigenvalue weighted by atomic mass is 10.1. The first kappa shape index (κ1) is 29.2. The predicted molar refractivity (Wildman–Crippen MR) is 147 cm³/mol. The first-order chi connectivity index (χ1) is 15.3. The third-order valence-electron chi connectivity index (χ3n) is 5.64. The third kappa shape index (κ3) is 9.87. The van der Waals surface area contributed by atoms with E-state index in [-0.39, 0.29) is 24.0 Å². The largest absolute Gasteiger partial charge is 0.497 e. The van der Waals surface area contributed by atoms with Crippen LogP contribution in [0.25, 0.3) is 0 Å². The van der Waals surface area contributed by atoms with Crippen LogP contribution in [0.4, 0.5) is 0 Å². The zero-order valence-corrected chi connectivity index (χ0v) is 23.6. The number of aromatic nitrogens is 3. The highest BCUT2D eigenvalue weighted by atomic mass is 127. The van der Waals surface area contributed by atoms with Crippen molar-refractivity contribution in [1.82, 2.24) is 30.3 Å². The molecule has 0 saturated heterocycles. The monoisotopic (exact) mass is 571 g/mol. The molecule has 0 spiro atoms. The maximum absolute atomic E-state index is 5.24. The summed E-state index contributed by atoms with van der Waals surface area (Å²) in [6.07, 6.45) is 1.96. The van der Waals surface area contributed by atoms with Gasteiger partial charge >= 0.3 is 0 Å². The minimum absolute atomic E-state index is 0. The number of halogens is 1. The molecule has 1 aromatic heterocycles. The molecule has 2 N–H and O–H groups in total. The van der Waals surface area contributed by atoms with Crippen molar-refractivity contribution in [3.63, 3.8) is 0 Å². The smallest absolute Gasteiger partial charge is 0.191 e. The average molecular weight is 572 g/mol. The molecule has 0 aliphatic heterocycles. The Labute approximate surface area is 216 Å². The van der Waals surface area contributed by atoms with Gasteiger partial charge < -0.3 is 19.9 Å². The van der Waals surface area contributed by atoms with Gasteiger partial charge in [-0.05, 0) is 65.2 Å². The number of methoxy groups -OCH3 is 1. The molecule has 0 amide bonds. The molecule has 186 valence electrons. The van der Waals surface area contributed by atoms with Crippen LogP contribution in [-0.2, 0) is 20.0 Å². The quantitative estimate of drug-likeness (QED) is 0.176. The summed E-state index contributed by atoms with van der Waals surface area (Å²) in [5.41, 5.74) is 1.26. The summed E-state index contributed by atoms with van der Waals surface area (Å²) < 4.78 is 7.21.